The van der Waals surface area contributed by atoms with Gasteiger partial charge in [-0.05, 0) is 18.8 Å². The Morgan fingerprint density at radius 2 is 2.33 bits per heavy atom. The second-order valence-corrected chi connectivity index (χ2v) is 1.74. The van der Waals surface area contributed by atoms with E-state index in [0.29, 0.717) is 0 Å². The molecule has 0 heterocycles. The Morgan fingerprint density at radius 3 is 2.50 bits per heavy atom. The average molecular weight is 83.1 g/mol. The highest BCUT2D eigenvalue weighted by Gasteiger charge is 2.17. The molecule has 0 spiro atoms. The summed E-state index contributed by atoms with van der Waals surface area (Å²) in [6, 6.07) is 0. The van der Waals surface area contributed by atoms with Crippen LogP contribution in [-0.2, 0) is 0 Å². The van der Waals surface area contributed by atoms with Crippen molar-refractivity contribution in [2.24, 2.45) is 10.9 Å². The lowest BCUT2D eigenvalue weighted by atomic mass is 10.5. The van der Waals surface area contributed by atoms with Gasteiger partial charge in [-0.15, -0.1) is 0 Å². The quantitative estimate of drug-likeness (QED) is 0.421. The lowest BCUT2D eigenvalue weighted by Crippen LogP contribution is -1.70. The first-order valence-electron chi connectivity index (χ1n) is 2.36. The lowest BCUT2D eigenvalue weighted by molar-refractivity contribution is 1.22. The topological polar surface area (TPSA) is 12.4 Å². The second-order valence-electron chi connectivity index (χ2n) is 1.74. The van der Waals surface area contributed by atoms with Crippen LogP contribution >= 0.6 is 0 Å². The van der Waals surface area contributed by atoms with Crippen LogP contribution in [0.5, 0.6) is 0 Å². The van der Waals surface area contributed by atoms with Crippen molar-refractivity contribution in [3.05, 3.63) is 0 Å². The van der Waals surface area contributed by atoms with Crippen LogP contribution in [0.2, 0.25) is 0 Å². The summed E-state index contributed by atoms with van der Waals surface area (Å²) in [4.78, 5) is 3.87. The van der Waals surface area contributed by atoms with E-state index in [9.17, 15) is 0 Å². The van der Waals surface area contributed by atoms with Crippen molar-refractivity contribution < 1.29 is 0 Å². The summed E-state index contributed by atoms with van der Waals surface area (Å²) in [6.45, 7) is 0. The van der Waals surface area contributed by atoms with E-state index in [1.54, 1.807) is 0 Å². The van der Waals surface area contributed by atoms with E-state index in [0.717, 1.165) is 5.92 Å². The summed E-state index contributed by atoms with van der Waals surface area (Å²) in [7, 11) is 1.83. The zero-order valence-electron chi connectivity index (χ0n) is 4.02. The predicted molar refractivity (Wildman–Crippen MR) is 27.1 cm³/mol. The summed E-state index contributed by atoms with van der Waals surface area (Å²) >= 11 is 0. The Labute approximate surface area is 38.1 Å². The zero-order valence-corrected chi connectivity index (χ0v) is 4.02. The van der Waals surface area contributed by atoms with Crippen molar-refractivity contribution in [3.8, 4) is 0 Å². The summed E-state index contributed by atoms with van der Waals surface area (Å²) in [5.74, 6) is 0.856. The molecule has 34 valence electrons. The molecule has 1 aliphatic rings. The van der Waals surface area contributed by atoms with Crippen molar-refractivity contribution in [2.45, 2.75) is 12.8 Å². The van der Waals surface area contributed by atoms with E-state index < -0.39 is 0 Å². The Hall–Kier alpha value is -0.330. The first kappa shape index (κ1) is 3.85. The third kappa shape index (κ3) is 0.814. The van der Waals surface area contributed by atoms with Crippen molar-refractivity contribution in [1.82, 2.24) is 0 Å². The van der Waals surface area contributed by atoms with Gasteiger partial charge in [0.15, 0.2) is 0 Å². The molecule has 0 amide bonds. The SMILES string of the molecule is C/N=C/C1CC1. The Morgan fingerprint density at radius 1 is 1.67 bits per heavy atom. The molecule has 0 N–H and O–H groups in total. The first-order chi connectivity index (χ1) is 2.93. The molecule has 0 atom stereocenters. The fraction of sp³-hybridized carbons (Fsp3) is 0.800. The molecule has 0 bridgehead atoms. The summed E-state index contributed by atoms with van der Waals surface area (Å²) in [6.07, 6.45) is 4.77. The Bertz CT molecular complexity index is 62.3. The van der Waals surface area contributed by atoms with E-state index >= 15 is 0 Å². The van der Waals surface area contributed by atoms with Crippen molar-refractivity contribution in [3.63, 3.8) is 0 Å². The van der Waals surface area contributed by atoms with Crippen molar-refractivity contribution >= 4 is 6.21 Å². The maximum Gasteiger partial charge on any atom is 0.0273 e. The van der Waals surface area contributed by atoms with E-state index in [4.69, 9.17) is 0 Å². The monoisotopic (exact) mass is 83.1 g/mol. The molecule has 0 aromatic rings. The van der Waals surface area contributed by atoms with Crippen LogP contribution in [0.1, 0.15) is 12.8 Å². The van der Waals surface area contributed by atoms with E-state index in [1.165, 1.54) is 12.8 Å². The molecule has 0 aromatic carbocycles. The lowest BCUT2D eigenvalue weighted by Gasteiger charge is -1.69. The van der Waals surface area contributed by atoms with Gasteiger partial charge in [0.25, 0.3) is 0 Å². The summed E-state index contributed by atoms with van der Waals surface area (Å²) < 4.78 is 0. The van der Waals surface area contributed by atoms with Crippen LogP contribution in [0.4, 0.5) is 0 Å². The minimum atomic E-state index is 0.856. The smallest absolute Gasteiger partial charge is 0.0273 e. The van der Waals surface area contributed by atoms with Gasteiger partial charge in [-0.1, -0.05) is 0 Å². The molecule has 1 fully saturated rings. The largest absolute Gasteiger partial charge is 0.301 e. The van der Waals surface area contributed by atoms with E-state index in [1.807, 2.05) is 13.3 Å². The average Bonchev–Trinajstić information content (AvgIpc) is 2.21. The fourth-order valence-electron chi connectivity index (χ4n) is 0.456. The molecule has 1 saturated carbocycles. The summed E-state index contributed by atoms with van der Waals surface area (Å²) in [5.41, 5.74) is 0. The van der Waals surface area contributed by atoms with Crippen LogP contribution in [0, 0.1) is 5.92 Å². The standard InChI is InChI=1S/C5H9N/c1-6-4-5-2-3-5/h4-5H,2-3H2,1H3/b6-4+. The molecule has 0 saturated heterocycles. The van der Waals surface area contributed by atoms with Crippen LogP contribution in [-0.4, -0.2) is 13.3 Å². The highest BCUT2D eigenvalue weighted by Crippen LogP contribution is 2.25. The van der Waals surface area contributed by atoms with Crippen molar-refractivity contribution in [2.75, 3.05) is 7.05 Å². The molecular weight excluding hydrogens is 74.1 g/mol. The van der Waals surface area contributed by atoms with Gasteiger partial charge in [0.1, 0.15) is 0 Å². The Balaban J connectivity index is 2.15. The van der Waals surface area contributed by atoms with Crippen LogP contribution < -0.4 is 0 Å². The van der Waals surface area contributed by atoms with E-state index in [-0.39, 0.29) is 0 Å². The molecule has 1 nitrogen and oxygen atoms in total. The molecule has 6 heavy (non-hydrogen) atoms. The van der Waals surface area contributed by atoms with Crippen LogP contribution in [0.3, 0.4) is 0 Å². The maximum atomic E-state index is 3.87. The van der Waals surface area contributed by atoms with Gasteiger partial charge in [0.2, 0.25) is 0 Å². The third-order valence-electron chi connectivity index (χ3n) is 0.982. The van der Waals surface area contributed by atoms with Gasteiger partial charge in [0.05, 0.1) is 0 Å². The minimum Gasteiger partial charge on any atom is -0.301 e. The molecule has 1 heteroatoms. The maximum absolute atomic E-state index is 3.87. The molecule has 0 unspecified atom stereocenters. The van der Waals surface area contributed by atoms with Gasteiger partial charge in [-0.3, -0.25) is 0 Å². The third-order valence-corrected chi connectivity index (χ3v) is 0.982. The zero-order chi connectivity index (χ0) is 4.41. The fourth-order valence-corrected chi connectivity index (χ4v) is 0.456. The number of rotatable bonds is 1. The summed E-state index contributed by atoms with van der Waals surface area (Å²) in [5, 5.41) is 0. The highest BCUT2D eigenvalue weighted by molar-refractivity contribution is 5.63. The van der Waals surface area contributed by atoms with Crippen LogP contribution in [0.25, 0.3) is 0 Å². The van der Waals surface area contributed by atoms with Crippen LogP contribution in [0.15, 0.2) is 4.99 Å². The Kier molecular flexibility index (Phi) is 0.906. The number of hydrogen-bond acceptors (Lipinski definition) is 1. The number of hydrogen-bond donors (Lipinski definition) is 0. The first-order valence-corrected chi connectivity index (χ1v) is 2.36. The number of nitrogens with zero attached hydrogens (tertiary/aromatic N) is 1. The van der Waals surface area contributed by atoms with Gasteiger partial charge in [-0.2, -0.15) is 0 Å². The van der Waals surface area contributed by atoms with Gasteiger partial charge >= 0.3 is 0 Å². The van der Waals surface area contributed by atoms with Gasteiger partial charge in [0, 0.05) is 13.3 Å². The molecule has 1 aliphatic carbocycles. The molecular formula is C5H9N. The van der Waals surface area contributed by atoms with Gasteiger partial charge < -0.3 is 4.99 Å². The predicted octanol–water partition coefficient (Wildman–Crippen LogP) is 1.10. The highest BCUT2D eigenvalue weighted by atomic mass is 14.6. The van der Waals surface area contributed by atoms with E-state index in [2.05, 4.69) is 4.99 Å². The second kappa shape index (κ2) is 1.41. The molecule has 0 radical (unpaired) electrons. The number of aliphatic imine (C=N–C) groups is 1. The van der Waals surface area contributed by atoms with Crippen molar-refractivity contribution in [1.29, 1.82) is 0 Å². The minimum absolute atomic E-state index is 0.856. The molecule has 0 aromatic heterocycles. The molecule has 0 aliphatic heterocycles. The molecule has 1 rings (SSSR count). The van der Waals surface area contributed by atoms with Gasteiger partial charge in [-0.25, -0.2) is 0 Å². The normalized spacial score (nSPS) is 22.8.